The van der Waals surface area contributed by atoms with Crippen LogP contribution in [0.5, 0.6) is 0 Å². The average molecular weight is 1130 g/mol. The predicted molar refractivity (Wildman–Crippen MR) is 371 cm³/mol. The quantitative estimate of drug-likeness (QED) is 0.148. The van der Waals surface area contributed by atoms with Crippen molar-refractivity contribution >= 4 is 85.5 Å². The lowest BCUT2D eigenvalue weighted by Crippen LogP contribution is -2.61. The number of anilines is 9. The van der Waals surface area contributed by atoms with Crippen LogP contribution in [-0.2, 0) is 21.7 Å². The molecule has 87 heavy (non-hydrogen) atoms. The molecule has 5 heteroatoms. The molecule has 3 heterocycles. The Bertz CT molecular complexity index is 4500. The fourth-order valence-electron chi connectivity index (χ4n) is 15.6. The minimum absolute atomic E-state index is 0.0143. The Morgan fingerprint density at radius 2 is 1.03 bits per heavy atom. The molecule has 0 radical (unpaired) electrons. The normalized spacial score (nSPS) is 14.9. The molecular formula is C82H78BN3O. The molecule has 4 aliphatic rings. The summed E-state index contributed by atoms with van der Waals surface area (Å²) in [6.45, 7) is 25.1. The van der Waals surface area contributed by atoms with Gasteiger partial charge in [0.25, 0.3) is 6.71 Å². The van der Waals surface area contributed by atoms with Crippen molar-refractivity contribution in [3.8, 4) is 33.4 Å². The molecule has 0 amide bonds. The van der Waals surface area contributed by atoms with E-state index in [1.807, 2.05) is 0 Å². The smallest absolute Gasteiger partial charge is 0.297 e. The van der Waals surface area contributed by atoms with Gasteiger partial charge in [0.1, 0.15) is 5.58 Å². The summed E-state index contributed by atoms with van der Waals surface area (Å²) in [4.78, 5) is 7.79. The molecule has 430 valence electrons. The Labute approximate surface area is 516 Å². The van der Waals surface area contributed by atoms with Gasteiger partial charge in [-0.2, -0.15) is 0 Å². The maximum absolute atomic E-state index is 7.63. The summed E-state index contributed by atoms with van der Waals surface area (Å²) in [5.74, 6) is 0. The summed E-state index contributed by atoms with van der Waals surface area (Å²) in [7, 11) is 0. The van der Waals surface area contributed by atoms with Gasteiger partial charge < -0.3 is 19.1 Å². The molecule has 10 aromatic carbocycles. The molecule has 4 nitrogen and oxygen atoms in total. The first kappa shape index (κ1) is 54.8. The van der Waals surface area contributed by atoms with Crippen LogP contribution >= 0.6 is 0 Å². The predicted octanol–water partition coefficient (Wildman–Crippen LogP) is 21.1. The fourth-order valence-corrected chi connectivity index (χ4v) is 15.6. The average Bonchev–Trinajstić information content (AvgIpc) is 1.70. The first-order valence-corrected chi connectivity index (χ1v) is 31.8. The second kappa shape index (κ2) is 20.1. The van der Waals surface area contributed by atoms with E-state index in [2.05, 4.69) is 303 Å². The molecule has 0 saturated heterocycles. The van der Waals surface area contributed by atoms with E-state index in [9.17, 15) is 0 Å². The van der Waals surface area contributed by atoms with Crippen molar-refractivity contribution in [2.45, 2.75) is 130 Å². The molecule has 1 aromatic heterocycles. The van der Waals surface area contributed by atoms with Gasteiger partial charge in [0.15, 0.2) is 0 Å². The summed E-state index contributed by atoms with van der Waals surface area (Å²) in [6, 6.07) is 81.5. The first-order chi connectivity index (χ1) is 41.9. The van der Waals surface area contributed by atoms with Gasteiger partial charge in [-0.3, -0.25) is 0 Å². The van der Waals surface area contributed by atoms with Crippen LogP contribution in [-0.4, -0.2) is 6.71 Å². The fraction of sp³-hybridized carbons (Fsp3) is 0.244. The number of hydrogen-bond donors (Lipinski definition) is 0. The Kier molecular flexibility index (Phi) is 12.7. The molecule has 15 rings (SSSR count). The second-order valence-corrected chi connectivity index (χ2v) is 28.5. The lowest BCUT2D eigenvalue weighted by atomic mass is 9.35. The van der Waals surface area contributed by atoms with E-state index in [1.54, 1.807) is 0 Å². The molecule has 1 saturated carbocycles. The monoisotopic (exact) mass is 1130 g/mol. The summed E-state index contributed by atoms with van der Waals surface area (Å²) in [5.41, 5.74) is 31.2. The molecule has 0 atom stereocenters. The summed E-state index contributed by atoms with van der Waals surface area (Å²) in [6.07, 6.45) is 6.03. The summed E-state index contributed by atoms with van der Waals surface area (Å²) in [5, 5.41) is 1.13. The van der Waals surface area contributed by atoms with E-state index in [-0.39, 0.29) is 28.4 Å². The molecule has 1 fully saturated rings. The molecule has 0 bridgehead atoms. The van der Waals surface area contributed by atoms with Gasteiger partial charge in [-0.25, -0.2) is 0 Å². The minimum Gasteiger partial charge on any atom is -0.468 e. The van der Waals surface area contributed by atoms with Crippen LogP contribution in [0.4, 0.5) is 51.2 Å². The lowest BCUT2D eigenvalue weighted by Gasteiger charge is -2.44. The topological polar surface area (TPSA) is 22.9 Å². The Morgan fingerprint density at radius 3 is 1.72 bits per heavy atom. The second-order valence-electron chi connectivity index (χ2n) is 28.5. The number of benzene rings is 10. The number of aryl methyl sites for hydroxylation is 2. The van der Waals surface area contributed by atoms with E-state index in [0.29, 0.717) is 0 Å². The molecule has 1 spiro atoms. The van der Waals surface area contributed by atoms with Crippen molar-refractivity contribution < 1.29 is 4.42 Å². The van der Waals surface area contributed by atoms with Crippen molar-refractivity contribution in [2.75, 3.05) is 14.7 Å². The number of hydrogen-bond acceptors (Lipinski definition) is 4. The highest BCUT2D eigenvalue weighted by atomic mass is 16.3. The van der Waals surface area contributed by atoms with E-state index < -0.39 is 0 Å². The van der Waals surface area contributed by atoms with Gasteiger partial charge >= 0.3 is 0 Å². The molecule has 2 aliphatic carbocycles. The molecule has 2 aliphatic heterocycles. The van der Waals surface area contributed by atoms with Crippen LogP contribution in [0.1, 0.15) is 133 Å². The van der Waals surface area contributed by atoms with Gasteiger partial charge in [-0.15, -0.1) is 0 Å². The van der Waals surface area contributed by atoms with Gasteiger partial charge in [0.05, 0.1) is 22.7 Å². The standard InChI is InChI=1S/C82H78BN3O/c1-52-24-22-25-53(2)74(52)55-48-71-76-72(49-55)86(69-33-23-31-66-75(69)63-29-16-18-30-65(63)82(66)46-20-13-21-47-82)70-51-61(84(59-39-34-56(35-40-59)79(3,4)5)68-32-19-17-28-62(68)54-26-14-12-15-27-54)43-44-67(70)83(76)78-77(64-50-58(81(9,10)11)38-45-73(64)87-78)85(71)60-41-36-57(37-42-60)80(6,7)8/h12,14-19,22-45,48-51H,13,20-21,46-47H2,1-11H3. The van der Waals surface area contributed by atoms with E-state index in [0.717, 1.165) is 63.6 Å². The zero-order valence-electron chi connectivity index (χ0n) is 52.6. The van der Waals surface area contributed by atoms with Crippen LogP contribution in [0, 0.1) is 13.8 Å². The molecule has 0 N–H and O–H groups in total. The largest absolute Gasteiger partial charge is 0.468 e. The van der Waals surface area contributed by atoms with Crippen molar-refractivity contribution in [1.82, 2.24) is 0 Å². The molecular weight excluding hydrogens is 1050 g/mol. The number of para-hydroxylation sites is 1. The highest BCUT2D eigenvalue weighted by Crippen LogP contribution is 2.60. The maximum Gasteiger partial charge on any atom is 0.297 e. The van der Waals surface area contributed by atoms with Crippen molar-refractivity contribution in [2.24, 2.45) is 0 Å². The van der Waals surface area contributed by atoms with Gasteiger partial charge in [-0.05, 0) is 188 Å². The van der Waals surface area contributed by atoms with Gasteiger partial charge in [-0.1, -0.05) is 221 Å². The zero-order chi connectivity index (χ0) is 59.9. The Morgan fingerprint density at radius 1 is 0.448 bits per heavy atom. The van der Waals surface area contributed by atoms with Crippen molar-refractivity contribution in [3.63, 3.8) is 0 Å². The van der Waals surface area contributed by atoms with Crippen LogP contribution in [0.25, 0.3) is 44.3 Å². The van der Waals surface area contributed by atoms with Crippen LogP contribution < -0.4 is 31.3 Å². The number of furan rings is 1. The molecule has 0 unspecified atom stereocenters. The van der Waals surface area contributed by atoms with E-state index in [1.165, 1.54) is 120 Å². The third kappa shape index (κ3) is 8.76. The van der Waals surface area contributed by atoms with Crippen molar-refractivity contribution in [1.29, 1.82) is 0 Å². The Hall–Kier alpha value is -8.80. The van der Waals surface area contributed by atoms with E-state index in [4.69, 9.17) is 4.42 Å². The highest BCUT2D eigenvalue weighted by Gasteiger charge is 2.50. The highest BCUT2D eigenvalue weighted by molar-refractivity contribution is 7.00. The van der Waals surface area contributed by atoms with Crippen LogP contribution in [0.3, 0.4) is 0 Å². The summed E-state index contributed by atoms with van der Waals surface area (Å²) >= 11 is 0. The van der Waals surface area contributed by atoms with Gasteiger partial charge in [0.2, 0.25) is 0 Å². The first-order valence-electron chi connectivity index (χ1n) is 31.8. The minimum atomic E-state index is -0.266. The number of fused-ring (bicyclic) bond motifs is 11. The number of nitrogens with zero attached hydrogens (tertiary/aromatic N) is 3. The van der Waals surface area contributed by atoms with Crippen molar-refractivity contribution in [3.05, 3.63) is 251 Å². The molecule has 11 aromatic rings. The SMILES string of the molecule is Cc1cccc(C)c1-c1cc2c3c(c1)N(c1ccc(C(C)(C)C)cc1)c1c(oc4ccc(C(C)(C)C)cc14)B3c1ccc(N(c3ccc(C(C)(C)C)cc3)c3ccccc3-c3ccccc3)cc1N2c1cccc2c1-c1ccccc1C21CCCCC1. The van der Waals surface area contributed by atoms with Crippen LogP contribution in [0.15, 0.2) is 217 Å². The third-order valence-corrected chi connectivity index (χ3v) is 20.0. The lowest BCUT2D eigenvalue weighted by molar-refractivity contribution is 0.353. The van der Waals surface area contributed by atoms with E-state index >= 15 is 0 Å². The van der Waals surface area contributed by atoms with Gasteiger partial charge in [0, 0.05) is 56.1 Å². The maximum atomic E-state index is 7.63. The zero-order valence-corrected chi connectivity index (χ0v) is 52.6. The number of rotatable bonds is 7. The van der Waals surface area contributed by atoms with Crippen LogP contribution in [0.2, 0.25) is 0 Å². The Balaban J connectivity index is 1.08. The summed E-state index contributed by atoms with van der Waals surface area (Å²) < 4.78 is 7.63. The third-order valence-electron chi connectivity index (χ3n) is 20.0.